The van der Waals surface area contributed by atoms with Crippen molar-refractivity contribution in [2.24, 2.45) is 7.05 Å². The van der Waals surface area contributed by atoms with Crippen LogP contribution in [0.4, 0.5) is 14.5 Å². The number of nitrogens with one attached hydrogen (secondary N) is 1. The minimum atomic E-state index is -3.64. The quantitative estimate of drug-likeness (QED) is 0.608. The van der Waals surface area contributed by atoms with Crippen LogP contribution in [0.1, 0.15) is 40.0 Å². The lowest BCUT2D eigenvalue weighted by Gasteiger charge is -2.14. The highest BCUT2D eigenvalue weighted by molar-refractivity contribution is 6.04. The molecule has 0 radical (unpaired) electrons. The maximum atomic E-state index is 13.3. The number of amides is 1. The molecule has 31 heavy (non-hydrogen) atoms. The number of anilines is 1. The first-order chi connectivity index (χ1) is 14.8. The van der Waals surface area contributed by atoms with E-state index in [2.05, 4.69) is 21.0 Å². The molecule has 1 N–H and O–H groups in total. The molecule has 1 aromatic heterocycles. The molecule has 0 unspecified atom stereocenters. The molecule has 0 saturated heterocycles. The van der Waals surface area contributed by atoms with Crippen molar-refractivity contribution >= 4 is 11.6 Å². The summed E-state index contributed by atoms with van der Waals surface area (Å²) in [6.07, 6.45) is 2.63. The van der Waals surface area contributed by atoms with Crippen LogP contribution in [0.3, 0.4) is 0 Å². The second-order valence-corrected chi connectivity index (χ2v) is 8.11. The number of aryl methyl sites for hydroxylation is 3. The number of hydrogen-bond donors (Lipinski definition) is 1. The molecule has 0 spiro atoms. The Balaban J connectivity index is 1.37. The van der Waals surface area contributed by atoms with Gasteiger partial charge in [0.2, 0.25) is 0 Å². The fraction of sp³-hybridized carbons (Fsp3) is 0.292. The number of alkyl halides is 2. The summed E-state index contributed by atoms with van der Waals surface area (Å²) < 4.78 is 37.7. The minimum Gasteiger partial charge on any atom is -0.395 e. The Morgan fingerprint density at radius 2 is 1.74 bits per heavy atom. The van der Waals surface area contributed by atoms with Gasteiger partial charge in [0.25, 0.3) is 5.91 Å². The van der Waals surface area contributed by atoms with E-state index in [1.165, 1.54) is 5.56 Å². The van der Waals surface area contributed by atoms with Gasteiger partial charge in [-0.1, -0.05) is 12.1 Å². The average Bonchev–Trinajstić information content (AvgIpc) is 3.21. The molecule has 1 aliphatic carbocycles. The molecule has 2 aromatic carbocycles. The highest BCUT2D eigenvalue weighted by Crippen LogP contribution is 2.44. The van der Waals surface area contributed by atoms with E-state index in [1.54, 1.807) is 24.3 Å². The van der Waals surface area contributed by atoms with Gasteiger partial charge < -0.3 is 19.4 Å². The summed E-state index contributed by atoms with van der Waals surface area (Å²) in [6.45, 7) is 1.82. The van der Waals surface area contributed by atoms with Gasteiger partial charge in [-0.15, -0.1) is 8.78 Å². The van der Waals surface area contributed by atoms with Crippen LogP contribution in [0.2, 0.25) is 0 Å². The molecule has 2 heterocycles. The number of aromatic nitrogens is 1. The number of benzene rings is 2. The van der Waals surface area contributed by atoms with Crippen LogP contribution in [0.5, 0.6) is 11.5 Å². The van der Waals surface area contributed by atoms with Crippen molar-refractivity contribution in [2.75, 3.05) is 5.32 Å². The molecule has 0 fully saturated rings. The van der Waals surface area contributed by atoms with E-state index in [1.807, 2.05) is 30.7 Å². The number of fused-ring (bicyclic) bond motifs is 2. The van der Waals surface area contributed by atoms with Crippen LogP contribution in [0, 0.1) is 6.92 Å². The lowest BCUT2D eigenvalue weighted by Crippen LogP contribution is -2.25. The Hall–Kier alpha value is -3.35. The lowest BCUT2D eigenvalue weighted by molar-refractivity contribution is -0.286. The largest absolute Gasteiger partial charge is 0.586 e. The number of halogens is 2. The average molecular weight is 424 g/mol. The molecule has 2 aliphatic rings. The molecule has 5 rings (SSSR count). The Kier molecular flexibility index (Phi) is 4.50. The van der Waals surface area contributed by atoms with E-state index >= 15 is 0 Å². The molecule has 1 aliphatic heterocycles. The summed E-state index contributed by atoms with van der Waals surface area (Å²) in [5, 5.41) is 2.98. The summed E-state index contributed by atoms with van der Waals surface area (Å²) >= 11 is 0. The molecule has 3 aromatic rings. The van der Waals surface area contributed by atoms with E-state index in [9.17, 15) is 13.6 Å². The van der Waals surface area contributed by atoms with Crippen LogP contribution in [0.25, 0.3) is 11.1 Å². The Bertz CT molecular complexity index is 1180. The van der Waals surface area contributed by atoms with Gasteiger partial charge in [-0.2, -0.15) is 0 Å². The van der Waals surface area contributed by atoms with Gasteiger partial charge in [-0.05, 0) is 84.7 Å². The fourth-order valence-electron chi connectivity index (χ4n) is 4.48. The van der Waals surface area contributed by atoms with Gasteiger partial charge in [0.1, 0.15) is 5.69 Å². The topological polar surface area (TPSA) is 52.5 Å². The third-order valence-electron chi connectivity index (χ3n) is 5.92. The highest BCUT2D eigenvalue weighted by atomic mass is 19.3. The molecular weight excluding hydrogens is 402 g/mol. The third-order valence-corrected chi connectivity index (χ3v) is 5.92. The second kappa shape index (κ2) is 7.11. The zero-order valence-electron chi connectivity index (χ0n) is 17.3. The normalized spacial score (nSPS) is 16.1. The van der Waals surface area contributed by atoms with Crippen molar-refractivity contribution in [3.8, 4) is 22.6 Å². The Morgan fingerprint density at radius 3 is 2.48 bits per heavy atom. The van der Waals surface area contributed by atoms with Gasteiger partial charge in [0.05, 0.1) is 0 Å². The van der Waals surface area contributed by atoms with Crippen molar-refractivity contribution in [3.63, 3.8) is 0 Å². The minimum absolute atomic E-state index is 0.0106. The molecular formula is C24H22F2N2O3. The Morgan fingerprint density at radius 1 is 1.06 bits per heavy atom. The van der Waals surface area contributed by atoms with Gasteiger partial charge >= 0.3 is 6.29 Å². The molecule has 0 bridgehead atoms. The molecule has 1 amide bonds. The number of nitrogens with zero attached hydrogens (tertiary/aromatic N) is 1. The summed E-state index contributed by atoms with van der Waals surface area (Å²) in [5.41, 5.74) is 6.17. The molecule has 7 heteroatoms. The molecule has 160 valence electrons. The number of ether oxygens (including phenoxy) is 2. The SMILES string of the molecule is Cc1cc2c(cc1-c1ccc(NC(=O)c3c4c(cn3C)CCCC4)cc1)OC(F)(F)O2. The van der Waals surface area contributed by atoms with Crippen molar-refractivity contribution < 1.29 is 23.0 Å². The van der Waals surface area contributed by atoms with Gasteiger partial charge in [0, 0.05) is 18.9 Å². The van der Waals surface area contributed by atoms with Crippen molar-refractivity contribution in [1.82, 2.24) is 4.57 Å². The van der Waals surface area contributed by atoms with E-state index < -0.39 is 6.29 Å². The maximum Gasteiger partial charge on any atom is 0.586 e. The molecule has 0 atom stereocenters. The first kappa shape index (κ1) is 19.6. The highest BCUT2D eigenvalue weighted by Gasteiger charge is 2.43. The van der Waals surface area contributed by atoms with E-state index in [-0.39, 0.29) is 17.4 Å². The van der Waals surface area contributed by atoms with Crippen LogP contribution < -0.4 is 14.8 Å². The van der Waals surface area contributed by atoms with Crippen molar-refractivity contribution in [3.05, 3.63) is 65.0 Å². The van der Waals surface area contributed by atoms with E-state index in [0.29, 0.717) is 11.4 Å². The zero-order valence-corrected chi connectivity index (χ0v) is 17.3. The first-order valence-corrected chi connectivity index (χ1v) is 10.3. The van der Waals surface area contributed by atoms with Gasteiger partial charge in [-0.25, -0.2) is 0 Å². The zero-order chi connectivity index (χ0) is 21.8. The van der Waals surface area contributed by atoms with Crippen LogP contribution in [0.15, 0.2) is 42.6 Å². The first-order valence-electron chi connectivity index (χ1n) is 10.3. The van der Waals surface area contributed by atoms with Gasteiger partial charge in [-0.3, -0.25) is 4.79 Å². The summed E-state index contributed by atoms with van der Waals surface area (Å²) in [6, 6.07) is 10.4. The standard InChI is InChI=1S/C24H22F2N2O3/c1-14-11-20-21(31-24(25,26)30-20)12-19(14)15-7-9-17(10-8-15)27-23(29)22-18-6-4-3-5-16(18)13-28(22)2/h7-13H,3-6H2,1-2H3,(H,27,29). The van der Waals surface area contributed by atoms with Crippen molar-refractivity contribution in [1.29, 1.82) is 0 Å². The van der Waals surface area contributed by atoms with Crippen LogP contribution >= 0.6 is 0 Å². The summed E-state index contributed by atoms with van der Waals surface area (Å²) in [4.78, 5) is 12.9. The predicted octanol–water partition coefficient (Wildman–Crippen LogP) is 5.45. The monoisotopic (exact) mass is 424 g/mol. The van der Waals surface area contributed by atoms with Gasteiger partial charge in [0.15, 0.2) is 11.5 Å². The van der Waals surface area contributed by atoms with Crippen LogP contribution in [-0.4, -0.2) is 16.8 Å². The number of carbonyl (C=O) groups is 1. The molecule has 5 nitrogen and oxygen atoms in total. The number of hydrogen-bond acceptors (Lipinski definition) is 3. The number of rotatable bonds is 3. The maximum absolute atomic E-state index is 13.3. The fourth-order valence-corrected chi connectivity index (χ4v) is 4.48. The Labute approximate surface area is 178 Å². The lowest BCUT2D eigenvalue weighted by atomic mass is 9.93. The summed E-state index contributed by atoms with van der Waals surface area (Å²) in [5.74, 6) is -0.0858. The van der Waals surface area contributed by atoms with Crippen LogP contribution in [-0.2, 0) is 19.9 Å². The second-order valence-electron chi connectivity index (χ2n) is 8.11. The van der Waals surface area contributed by atoms with E-state index in [4.69, 9.17) is 0 Å². The predicted molar refractivity (Wildman–Crippen MR) is 113 cm³/mol. The van der Waals surface area contributed by atoms with Crippen molar-refractivity contribution in [2.45, 2.75) is 38.9 Å². The number of carbonyl (C=O) groups excluding carboxylic acids is 1. The molecule has 0 saturated carbocycles. The smallest absolute Gasteiger partial charge is 0.395 e. The summed E-state index contributed by atoms with van der Waals surface area (Å²) in [7, 11) is 1.91. The third kappa shape index (κ3) is 3.54. The van der Waals surface area contributed by atoms with E-state index in [0.717, 1.165) is 47.9 Å².